The van der Waals surface area contributed by atoms with Crippen LogP contribution in [0.4, 0.5) is 10.9 Å². The predicted molar refractivity (Wildman–Crippen MR) is 103 cm³/mol. The van der Waals surface area contributed by atoms with Crippen molar-refractivity contribution in [3.05, 3.63) is 47.1 Å². The van der Waals surface area contributed by atoms with Crippen LogP contribution >= 0.6 is 11.3 Å². The van der Waals surface area contributed by atoms with E-state index in [0.717, 1.165) is 54.8 Å². The molecule has 1 aliphatic rings. The van der Waals surface area contributed by atoms with Gasteiger partial charge in [-0.25, -0.2) is 9.97 Å². The maximum absolute atomic E-state index is 4.66. The predicted octanol–water partition coefficient (Wildman–Crippen LogP) is 3.10. The number of hydrogen-bond donors (Lipinski definition) is 1. The van der Waals surface area contributed by atoms with Gasteiger partial charge >= 0.3 is 0 Å². The molecule has 4 rings (SSSR count). The van der Waals surface area contributed by atoms with Gasteiger partial charge < -0.3 is 5.32 Å². The van der Waals surface area contributed by atoms with E-state index in [1.807, 2.05) is 30.2 Å². The second-order valence-electron chi connectivity index (χ2n) is 6.81. The van der Waals surface area contributed by atoms with Crippen LogP contribution in [0.3, 0.4) is 0 Å². The van der Waals surface area contributed by atoms with Crippen LogP contribution in [-0.4, -0.2) is 42.7 Å². The molecule has 1 atom stereocenters. The fourth-order valence-corrected chi connectivity index (χ4v) is 4.18. The van der Waals surface area contributed by atoms with E-state index in [2.05, 4.69) is 36.5 Å². The van der Waals surface area contributed by atoms with Crippen molar-refractivity contribution in [2.75, 3.05) is 18.4 Å². The molecule has 0 unspecified atom stereocenters. The zero-order valence-electron chi connectivity index (χ0n) is 15.1. The summed E-state index contributed by atoms with van der Waals surface area (Å²) in [4.78, 5) is 16.2. The van der Waals surface area contributed by atoms with Crippen molar-refractivity contribution in [2.45, 2.75) is 32.2 Å². The van der Waals surface area contributed by atoms with Crippen molar-refractivity contribution >= 4 is 22.3 Å². The van der Waals surface area contributed by atoms with Gasteiger partial charge in [-0.2, -0.15) is 5.10 Å². The highest BCUT2D eigenvalue weighted by atomic mass is 32.1. The summed E-state index contributed by atoms with van der Waals surface area (Å²) in [6, 6.07) is 0. The lowest BCUT2D eigenvalue weighted by Crippen LogP contribution is -2.34. The first kappa shape index (κ1) is 17.1. The summed E-state index contributed by atoms with van der Waals surface area (Å²) in [6.07, 6.45) is 9.86. The minimum Gasteiger partial charge on any atom is -0.315 e. The number of aromatic nitrogens is 5. The van der Waals surface area contributed by atoms with Crippen molar-refractivity contribution in [1.82, 2.24) is 29.6 Å². The van der Waals surface area contributed by atoms with Crippen LogP contribution in [-0.2, 0) is 13.6 Å². The smallest absolute Gasteiger partial charge is 0.188 e. The van der Waals surface area contributed by atoms with Gasteiger partial charge in [-0.3, -0.25) is 14.6 Å². The molecule has 7 nitrogen and oxygen atoms in total. The standard InChI is InChI=1S/C18H23N7S/c1-13-12-26-18(22-13)23-17-16(19-5-6-20-17)15-4-3-7-25(11-15)10-14-8-21-24(2)9-14/h5-6,8-9,12,15H,3-4,7,10-11H2,1-2H3,(H,20,22,23)/t15-/m1/s1. The topological polar surface area (TPSA) is 71.8 Å². The highest BCUT2D eigenvalue weighted by molar-refractivity contribution is 7.13. The molecule has 0 aliphatic carbocycles. The largest absolute Gasteiger partial charge is 0.315 e. The molecular formula is C18H23N7S. The monoisotopic (exact) mass is 369 g/mol. The Morgan fingerprint density at radius 3 is 2.96 bits per heavy atom. The van der Waals surface area contributed by atoms with Gasteiger partial charge in [0.15, 0.2) is 10.9 Å². The molecule has 0 radical (unpaired) electrons. The number of thiazole rings is 1. The van der Waals surface area contributed by atoms with E-state index in [9.17, 15) is 0 Å². The van der Waals surface area contributed by atoms with Crippen molar-refractivity contribution in [1.29, 1.82) is 0 Å². The Balaban J connectivity index is 1.49. The average Bonchev–Trinajstić information content (AvgIpc) is 3.24. The molecular weight excluding hydrogens is 346 g/mol. The number of piperidine rings is 1. The van der Waals surface area contributed by atoms with Crippen molar-refractivity contribution in [3.63, 3.8) is 0 Å². The third-order valence-electron chi connectivity index (χ3n) is 4.63. The number of nitrogens with zero attached hydrogens (tertiary/aromatic N) is 6. The summed E-state index contributed by atoms with van der Waals surface area (Å²) < 4.78 is 1.86. The highest BCUT2D eigenvalue weighted by Gasteiger charge is 2.25. The maximum atomic E-state index is 4.66. The van der Waals surface area contributed by atoms with Crippen LogP contribution in [0.25, 0.3) is 0 Å². The summed E-state index contributed by atoms with van der Waals surface area (Å²) in [7, 11) is 1.96. The number of nitrogens with one attached hydrogen (secondary N) is 1. The zero-order valence-corrected chi connectivity index (χ0v) is 15.9. The van der Waals surface area contributed by atoms with Crippen molar-refractivity contribution in [3.8, 4) is 0 Å². The molecule has 3 aromatic rings. The molecule has 1 fully saturated rings. The molecule has 1 aliphatic heterocycles. The first-order valence-corrected chi connectivity index (χ1v) is 9.75. The van der Waals surface area contributed by atoms with Gasteiger partial charge in [0.05, 0.1) is 17.6 Å². The quantitative estimate of drug-likeness (QED) is 0.745. The van der Waals surface area contributed by atoms with E-state index in [0.29, 0.717) is 5.92 Å². The van der Waals surface area contributed by atoms with Gasteiger partial charge in [-0.05, 0) is 26.3 Å². The third-order valence-corrected chi connectivity index (χ3v) is 5.50. The SMILES string of the molecule is Cc1csc(Nc2nccnc2[C@@H]2CCCN(Cc3cnn(C)c3)C2)n1. The summed E-state index contributed by atoms with van der Waals surface area (Å²) in [5.41, 5.74) is 3.31. The van der Waals surface area contributed by atoms with Gasteiger partial charge in [-0.15, -0.1) is 11.3 Å². The van der Waals surface area contributed by atoms with Crippen LogP contribution in [0, 0.1) is 6.92 Å². The van der Waals surface area contributed by atoms with E-state index < -0.39 is 0 Å². The van der Waals surface area contributed by atoms with Crippen LogP contribution in [0.1, 0.15) is 35.7 Å². The first-order chi connectivity index (χ1) is 12.7. The molecule has 4 heterocycles. The summed E-state index contributed by atoms with van der Waals surface area (Å²) >= 11 is 1.59. The fraction of sp³-hybridized carbons (Fsp3) is 0.444. The maximum Gasteiger partial charge on any atom is 0.188 e. The molecule has 26 heavy (non-hydrogen) atoms. The second-order valence-corrected chi connectivity index (χ2v) is 7.66. The molecule has 8 heteroatoms. The van der Waals surface area contributed by atoms with Crippen LogP contribution < -0.4 is 5.32 Å². The average molecular weight is 369 g/mol. The van der Waals surface area contributed by atoms with E-state index in [1.165, 1.54) is 5.56 Å². The normalized spacial score (nSPS) is 18.2. The van der Waals surface area contributed by atoms with E-state index in [4.69, 9.17) is 0 Å². The molecule has 0 amide bonds. The minimum absolute atomic E-state index is 0.373. The highest BCUT2D eigenvalue weighted by Crippen LogP contribution is 2.31. The molecule has 0 spiro atoms. The summed E-state index contributed by atoms with van der Waals surface area (Å²) in [6.45, 7) is 5.02. The second kappa shape index (κ2) is 7.51. The molecule has 0 aromatic carbocycles. The fourth-order valence-electron chi connectivity index (χ4n) is 3.49. The Bertz CT molecular complexity index is 872. The van der Waals surface area contributed by atoms with Gasteiger partial charge in [0.2, 0.25) is 0 Å². The number of rotatable bonds is 5. The molecule has 0 saturated carbocycles. The third kappa shape index (κ3) is 3.91. The number of hydrogen-bond acceptors (Lipinski definition) is 7. The number of aryl methyl sites for hydroxylation is 2. The molecule has 0 bridgehead atoms. The molecule has 136 valence electrons. The Morgan fingerprint density at radius 1 is 1.31 bits per heavy atom. The van der Waals surface area contributed by atoms with Crippen LogP contribution in [0.5, 0.6) is 0 Å². The Kier molecular flexibility index (Phi) is 4.94. The Labute approximate surface area is 157 Å². The summed E-state index contributed by atoms with van der Waals surface area (Å²) in [5.74, 6) is 1.20. The lowest BCUT2D eigenvalue weighted by molar-refractivity contribution is 0.198. The van der Waals surface area contributed by atoms with E-state index >= 15 is 0 Å². The summed E-state index contributed by atoms with van der Waals surface area (Å²) in [5, 5.41) is 10.5. The first-order valence-electron chi connectivity index (χ1n) is 8.87. The minimum atomic E-state index is 0.373. The lowest BCUT2D eigenvalue weighted by Gasteiger charge is -2.32. The van der Waals surface area contributed by atoms with Crippen molar-refractivity contribution < 1.29 is 0 Å². The van der Waals surface area contributed by atoms with E-state index in [-0.39, 0.29) is 0 Å². The number of anilines is 2. The zero-order chi connectivity index (χ0) is 17.9. The van der Waals surface area contributed by atoms with E-state index in [1.54, 1.807) is 23.7 Å². The van der Waals surface area contributed by atoms with Crippen LogP contribution in [0.15, 0.2) is 30.2 Å². The lowest BCUT2D eigenvalue weighted by atomic mass is 9.94. The number of likely N-dealkylation sites (tertiary alicyclic amines) is 1. The Hall–Kier alpha value is -2.32. The molecule has 1 saturated heterocycles. The van der Waals surface area contributed by atoms with Crippen LogP contribution in [0.2, 0.25) is 0 Å². The molecule has 3 aromatic heterocycles. The van der Waals surface area contributed by atoms with Gasteiger partial charge in [-0.1, -0.05) is 0 Å². The van der Waals surface area contributed by atoms with Gasteiger partial charge in [0, 0.05) is 55.6 Å². The van der Waals surface area contributed by atoms with Gasteiger partial charge in [0.1, 0.15) is 0 Å². The molecule has 1 N–H and O–H groups in total. The Morgan fingerprint density at radius 2 is 2.19 bits per heavy atom. The van der Waals surface area contributed by atoms with Gasteiger partial charge in [0.25, 0.3) is 0 Å². The van der Waals surface area contributed by atoms with Crippen molar-refractivity contribution in [2.24, 2.45) is 7.05 Å².